The smallest absolute Gasteiger partial charge is 0.123 e. The van der Waals surface area contributed by atoms with Crippen molar-refractivity contribution in [1.29, 1.82) is 0 Å². The molecular weight excluding hydrogens is 307 g/mol. The molecule has 116 valence electrons. The molecule has 0 N–H and O–H groups in total. The van der Waals surface area contributed by atoms with Gasteiger partial charge in [-0.1, -0.05) is 54.6 Å². The summed E-state index contributed by atoms with van der Waals surface area (Å²) in [7, 11) is 0. The predicted octanol–water partition coefficient (Wildman–Crippen LogP) is 7.03. The molecule has 0 aromatic heterocycles. The largest absolute Gasteiger partial charge is 0.207 e. The summed E-state index contributed by atoms with van der Waals surface area (Å²) in [5.41, 5.74) is 0. The Kier molecular flexibility index (Phi) is 2.34. The van der Waals surface area contributed by atoms with Gasteiger partial charge in [0.15, 0.2) is 0 Å². The van der Waals surface area contributed by atoms with Gasteiger partial charge in [0, 0.05) is 0 Å². The van der Waals surface area contributed by atoms with Gasteiger partial charge in [-0.2, -0.15) is 0 Å². The first kappa shape index (κ1) is 13.1. The topological polar surface area (TPSA) is 0 Å². The number of benzene rings is 6. The molecule has 1 heteroatoms. The number of hydrogen-bond acceptors (Lipinski definition) is 0. The van der Waals surface area contributed by atoms with E-state index in [0.29, 0.717) is 0 Å². The predicted molar refractivity (Wildman–Crippen MR) is 105 cm³/mol. The Hall–Kier alpha value is -3.19. The third-order valence-corrected chi connectivity index (χ3v) is 5.40. The van der Waals surface area contributed by atoms with Crippen LogP contribution < -0.4 is 0 Å². The van der Waals surface area contributed by atoms with Crippen LogP contribution in [-0.2, 0) is 0 Å². The lowest BCUT2D eigenvalue weighted by Gasteiger charge is -2.15. The highest BCUT2D eigenvalue weighted by Crippen LogP contribution is 2.41. The molecule has 0 aliphatic heterocycles. The zero-order chi connectivity index (χ0) is 16.5. The Morgan fingerprint density at radius 2 is 1.04 bits per heavy atom. The molecule has 0 heterocycles. The van der Waals surface area contributed by atoms with Gasteiger partial charge in [0.25, 0.3) is 0 Å². The summed E-state index contributed by atoms with van der Waals surface area (Å²) in [6.07, 6.45) is 0. The Labute approximate surface area is 143 Å². The summed E-state index contributed by atoms with van der Waals surface area (Å²) in [5, 5.41) is 12.1. The maximum atomic E-state index is 13.7. The first-order valence-corrected chi connectivity index (χ1v) is 8.48. The molecule has 0 spiro atoms. The van der Waals surface area contributed by atoms with Crippen LogP contribution in [0.1, 0.15) is 0 Å². The zero-order valence-electron chi connectivity index (χ0n) is 13.4. The molecule has 0 nitrogen and oxygen atoms in total. The summed E-state index contributed by atoms with van der Waals surface area (Å²) < 4.78 is 13.7. The zero-order valence-corrected chi connectivity index (χ0v) is 13.4. The molecule has 0 atom stereocenters. The van der Waals surface area contributed by atoms with Crippen LogP contribution in [0, 0.1) is 5.82 Å². The lowest BCUT2D eigenvalue weighted by atomic mass is 9.89. The Morgan fingerprint density at radius 3 is 1.80 bits per heavy atom. The fraction of sp³-hybridized carbons (Fsp3) is 0. The molecule has 0 amide bonds. The first-order chi connectivity index (χ1) is 12.3. The average molecular weight is 320 g/mol. The van der Waals surface area contributed by atoms with Crippen molar-refractivity contribution in [2.45, 2.75) is 0 Å². The van der Waals surface area contributed by atoms with E-state index in [2.05, 4.69) is 60.7 Å². The van der Waals surface area contributed by atoms with Crippen LogP contribution in [-0.4, -0.2) is 0 Å². The van der Waals surface area contributed by atoms with E-state index in [4.69, 9.17) is 0 Å². The van der Waals surface area contributed by atoms with Gasteiger partial charge in [-0.05, 0) is 78.1 Å². The highest BCUT2D eigenvalue weighted by molar-refractivity contribution is 6.32. The Bertz CT molecular complexity index is 1440. The van der Waals surface area contributed by atoms with Crippen LogP contribution in [0.15, 0.2) is 78.9 Å². The molecular formula is C24H13F. The van der Waals surface area contributed by atoms with Crippen molar-refractivity contribution >= 4 is 53.9 Å². The molecule has 0 radical (unpaired) electrons. The van der Waals surface area contributed by atoms with Gasteiger partial charge in [0.2, 0.25) is 0 Å². The normalized spacial score (nSPS) is 12.2. The molecule has 0 saturated heterocycles. The second kappa shape index (κ2) is 4.46. The molecule has 0 aliphatic carbocycles. The number of fused-ring (bicyclic) bond motifs is 4. The minimum atomic E-state index is -0.189. The fourth-order valence-corrected chi connectivity index (χ4v) is 4.34. The van der Waals surface area contributed by atoms with E-state index >= 15 is 0 Å². The van der Waals surface area contributed by atoms with E-state index in [1.54, 1.807) is 12.1 Å². The Balaban J connectivity index is 1.96. The van der Waals surface area contributed by atoms with Gasteiger partial charge in [-0.15, -0.1) is 0 Å². The van der Waals surface area contributed by atoms with Crippen molar-refractivity contribution in [3.8, 4) is 0 Å². The van der Waals surface area contributed by atoms with Crippen molar-refractivity contribution in [3.63, 3.8) is 0 Å². The minimum absolute atomic E-state index is 0.189. The van der Waals surface area contributed by atoms with E-state index in [-0.39, 0.29) is 5.82 Å². The van der Waals surface area contributed by atoms with E-state index in [9.17, 15) is 4.39 Å². The van der Waals surface area contributed by atoms with E-state index in [1.165, 1.54) is 43.1 Å². The average Bonchev–Trinajstić information content (AvgIpc) is 2.64. The van der Waals surface area contributed by atoms with Gasteiger partial charge >= 0.3 is 0 Å². The number of halogens is 1. The van der Waals surface area contributed by atoms with Crippen LogP contribution in [0.3, 0.4) is 0 Å². The minimum Gasteiger partial charge on any atom is -0.207 e. The van der Waals surface area contributed by atoms with E-state index in [0.717, 1.165) is 10.8 Å². The first-order valence-electron chi connectivity index (χ1n) is 8.48. The van der Waals surface area contributed by atoms with Crippen LogP contribution in [0.2, 0.25) is 0 Å². The molecule has 0 fully saturated rings. The fourth-order valence-electron chi connectivity index (χ4n) is 4.34. The maximum absolute atomic E-state index is 13.7. The van der Waals surface area contributed by atoms with Crippen LogP contribution in [0.25, 0.3) is 53.9 Å². The SMILES string of the molecule is Fc1ccc2c(c1)cc1ccc3cc4ccccc4c4ccc2c1c34. The third-order valence-electron chi connectivity index (χ3n) is 5.40. The standard InChI is InChI=1S/C24H13F/c25-18-7-8-20-17(13-18)12-16-6-5-15-11-14-3-1-2-4-19(14)21-9-10-22(20)24(16)23(15)21/h1-13H. The van der Waals surface area contributed by atoms with Crippen molar-refractivity contribution in [2.75, 3.05) is 0 Å². The molecule has 6 aromatic rings. The van der Waals surface area contributed by atoms with E-state index < -0.39 is 0 Å². The van der Waals surface area contributed by atoms with Crippen LogP contribution >= 0.6 is 0 Å². The molecule has 25 heavy (non-hydrogen) atoms. The maximum Gasteiger partial charge on any atom is 0.123 e. The highest BCUT2D eigenvalue weighted by Gasteiger charge is 2.13. The van der Waals surface area contributed by atoms with Gasteiger partial charge in [0.1, 0.15) is 5.82 Å². The molecule has 0 aliphatic rings. The van der Waals surface area contributed by atoms with Crippen molar-refractivity contribution < 1.29 is 4.39 Å². The second-order valence-electron chi connectivity index (χ2n) is 6.76. The summed E-state index contributed by atoms with van der Waals surface area (Å²) in [6.45, 7) is 0. The highest BCUT2D eigenvalue weighted by atomic mass is 19.1. The number of hydrogen-bond donors (Lipinski definition) is 0. The van der Waals surface area contributed by atoms with E-state index in [1.807, 2.05) is 6.07 Å². The number of rotatable bonds is 0. The third kappa shape index (κ3) is 1.65. The molecule has 6 rings (SSSR count). The summed E-state index contributed by atoms with van der Waals surface area (Å²) in [4.78, 5) is 0. The van der Waals surface area contributed by atoms with Crippen molar-refractivity contribution in [2.24, 2.45) is 0 Å². The van der Waals surface area contributed by atoms with Gasteiger partial charge < -0.3 is 0 Å². The van der Waals surface area contributed by atoms with Gasteiger partial charge in [0.05, 0.1) is 0 Å². The lowest BCUT2D eigenvalue weighted by Crippen LogP contribution is -1.87. The van der Waals surface area contributed by atoms with Gasteiger partial charge in [-0.3, -0.25) is 0 Å². The quantitative estimate of drug-likeness (QED) is 0.208. The summed E-state index contributed by atoms with van der Waals surface area (Å²) >= 11 is 0. The molecule has 6 aromatic carbocycles. The molecule has 0 bridgehead atoms. The van der Waals surface area contributed by atoms with Crippen molar-refractivity contribution in [1.82, 2.24) is 0 Å². The lowest BCUT2D eigenvalue weighted by molar-refractivity contribution is 0.630. The van der Waals surface area contributed by atoms with Crippen molar-refractivity contribution in [3.05, 3.63) is 84.7 Å². The van der Waals surface area contributed by atoms with Crippen LogP contribution in [0.5, 0.6) is 0 Å². The van der Waals surface area contributed by atoms with Crippen LogP contribution in [0.4, 0.5) is 4.39 Å². The summed E-state index contributed by atoms with van der Waals surface area (Å²) in [5.74, 6) is -0.189. The second-order valence-corrected chi connectivity index (χ2v) is 6.76. The molecule has 0 saturated carbocycles. The van der Waals surface area contributed by atoms with Gasteiger partial charge in [-0.25, -0.2) is 4.39 Å². The Morgan fingerprint density at radius 1 is 0.440 bits per heavy atom. The summed E-state index contributed by atoms with van der Waals surface area (Å²) in [6, 6.07) is 26.7. The molecule has 0 unspecified atom stereocenters. The monoisotopic (exact) mass is 320 g/mol.